The molecule has 6 nitrogen and oxygen atoms in total. The molecule has 2 heterocycles. The lowest BCUT2D eigenvalue weighted by Gasteiger charge is -2.41. The summed E-state index contributed by atoms with van der Waals surface area (Å²) in [5.41, 5.74) is 0. The van der Waals surface area contributed by atoms with E-state index < -0.39 is 12.0 Å². The molecule has 0 bridgehead atoms. The number of aliphatic carboxylic acids is 1. The number of carbonyl (C=O) groups is 2. The van der Waals surface area contributed by atoms with Crippen molar-refractivity contribution in [2.45, 2.75) is 45.2 Å². The number of hydrogen-bond donors (Lipinski definition) is 1. The van der Waals surface area contributed by atoms with Crippen LogP contribution in [0.1, 0.15) is 33.1 Å². The van der Waals surface area contributed by atoms with Crippen LogP contribution >= 0.6 is 0 Å². The molecule has 2 rings (SSSR count). The van der Waals surface area contributed by atoms with Gasteiger partial charge in [0.15, 0.2) is 0 Å². The highest BCUT2D eigenvalue weighted by molar-refractivity contribution is 5.75. The summed E-state index contributed by atoms with van der Waals surface area (Å²) in [5.74, 6) is -0.797. The van der Waals surface area contributed by atoms with Gasteiger partial charge in [0, 0.05) is 38.8 Å². The average Bonchev–Trinajstić information content (AvgIpc) is 2.46. The smallest absolute Gasteiger partial charge is 0.320 e. The first-order valence-corrected chi connectivity index (χ1v) is 7.53. The first kappa shape index (κ1) is 15.1. The predicted octanol–water partition coefficient (Wildman–Crippen LogP) is 1.07. The molecule has 2 saturated heterocycles. The minimum Gasteiger partial charge on any atom is -0.480 e. The number of urea groups is 1. The molecule has 0 spiro atoms. The second-order valence-electron chi connectivity index (χ2n) is 5.86. The van der Waals surface area contributed by atoms with E-state index in [0.29, 0.717) is 32.2 Å². The first-order valence-electron chi connectivity index (χ1n) is 7.53. The van der Waals surface area contributed by atoms with Crippen molar-refractivity contribution >= 4 is 12.0 Å². The molecule has 114 valence electrons. The van der Waals surface area contributed by atoms with Crippen LogP contribution in [-0.2, 0) is 4.79 Å². The summed E-state index contributed by atoms with van der Waals surface area (Å²) in [6.07, 6.45) is 3.38. The third kappa shape index (κ3) is 3.23. The maximum atomic E-state index is 12.5. The third-order valence-corrected chi connectivity index (χ3v) is 4.54. The number of carboxylic acid groups (broad SMARTS) is 1. The lowest BCUT2D eigenvalue weighted by molar-refractivity contribution is -0.143. The topological polar surface area (TPSA) is 64.1 Å². The molecule has 2 fully saturated rings. The van der Waals surface area contributed by atoms with Crippen LogP contribution in [0.2, 0.25) is 0 Å². The lowest BCUT2D eigenvalue weighted by Crippen LogP contribution is -2.57. The van der Waals surface area contributed by atoms with E-state index in [4.69, 9.17) is 5.11 Å². The molecule has 0 radical (unpaired) electrons. The molecule has 0 saturated carbocycles. The molecular formula is C14H25N3O3. The molecule has 2 amide bonds. The van der Waals surface area contributed by atoms with Crippen molar-refractivity contribution in [2.75, 3.05) is 32.7 Å². The largest absolute Gasteiger partial charge is 0.480 e. The van der Waals surface area contributed by atoms with Crippen molar-refractivity contribution in [2.24, 2.45) is 0 Å². The van der Waals surface area contributed by atoms with E-state index in [9.17, 15) is 9.59 Å². The Balaban J connectivity index is 1.87. The number of carbonyl (C=O) groups excluding carboxylic acids is 1. The highest BCUT2D eigenvalue weighted by Crippen LogP contribution is 2.19. The summed E-state index contributed by atoms with van der Waals surface area (Å²) in [6.45, 7) is 7.19. The van der Waals surface area contributed by atoms with Crippen molar-refractivity contribution in [3.05, 3.63) is 0 Å². The Kier molecular flexibility index (Phi) is 4.86. The number of amides is 2. The van der Waals surface area contributed by atoms with E-state index in [0.717, 1.165) is 19.4 Å². The van der Waals surface area contributed by atoms with Crippen LogP contribution in [0.5, 0.6) is 0 Å². The molecular weight excluding hydrogens is 258 g/mol. The maximum absolute atomic E-state index is 12.5. The lowest BCUT2D eigenvalue weighted by atomic mass is 10.0. The number of rotatable bonds is 2. The van der Waals surface area contributed by atoms with Crippen LogP contribution < -0.4 is 0 Å². The number of nitrogens with zero attached hydrogens (tertiary/aromatic N) is 3. The Morgan fingerprint density at radius 2 is 1.75 bits per heavy atom. The predicted molar refractivity (Wildman–Crippen MR) is 75.7 cm³/mol. The molecule has 0 aromatic heterocycles. The molecule has 2 unspecified atom stereocenters. The van der Waals surface area contributed by atoms with E-state index in [1.807, 2.05) is 14.7 Å². The second kappa shape index (κ2) is 6.43. The van der Waals surface area contributed by atoms with E-state index in [-0.39, 0.29) is 6.03 Å². The van der Waals surface area contributed by atoms with Crippen molar-refractivity contribution in [3.8, 4) is 0 Å². The van der Waals surface area contributed by atoms with Crippen molar-refractivity contribution in [1.82, 2.24) is 14.7 Å². The Labute approximate surface area is 120 Å². The third-order valence-electron chi connectivity index (χ3n) is 4.54. The van der Waals surface area contributed by atoms with Gasteiger partial charge in [-0.05, 0) is 33.1 Å². The Morgan fingerprint density at radius 3 is 2.30 bits per heavy atom. The Bertz CT molecular complexity index is 367. The van der Waals surface area contributed by atoms with Gasteiger partial charge < -0.3 is 14.9 Å². The first-order chi connectivity index (χ1) is 9.50. The number of piperidine rings is 1. The van der Waals surface area contributed by atoms with Crippen LogP contribution in [0.3, 0.4) is 0 Å². The molecule has 2 aliphatic rings. The summed E-state index contributed by atoms with van der Waals surface area (Å²) >= 11 is 0. The summed E-state index contributed by atoms with van der Waals surface area (Å²) in [5, 5.41) is 9.02. The summed E-state index contributed by atoms with van der Waals surface area (Å²) < 4.78 is 0. The van der Waals surface area contributed by atoms with E-state index in [2.05, 4.69) is 6.92 Å². The number of hydrogen-bond acceptors (Lipinski definition) is 3. The van der Waals surface area contributed by atoms with Crippen molar-refractivity contribution in [3.63, 3.8) is 0 Å². The Morgan fingerprint density at radius 1 is 1.10 bits per heavy atom. The average molecular weight is 283 g/mol. The monoisotopic (exact) mass is 283 g/mol. The summed E-state index contributed by atoms with van der Waals surface area (Å²) in [7, 11) is 0. The highest BCUT2D eigenvalue weighted by atomic mass is 16.4. The fraction of sp³-hybridized carbons (Fsp3) is 0.857. The molecule has 2 atom stereocenters. The van der Waals surface area contributed by atoms with Gasteiger partial charge in [-0.3, -0.25) is 9.69 Å². The van der Waals surface area contributed by atoms with Gasteiger partial charge >= 0.3 is 12.0 Å². The zero-order valence-corrected chi connectivity index (χ0v) is 12.4. The molecule has 1 N–H and O–H groups in total. The molecule has 0 aromatic carbocycles. The van der Waals surface area contributed by atoms with Gasteiger partial charge in [-0.1, -0.05) is 0 Å². The van der Waals surface area contributed by atoms with Crippen LogP contribution in [-0.4, -0.2) is 76.6 Å². The van der Waals surface area contributed by atoms with Gasteiger partial charge in [-0.25, -0.2) is 4.79 Å². The normalized spacial score (nSPS) is 26.4. The Hall–Kier alpha value is -1.30. The number of likely N-dealkylation sites (tertiary alicyclic amines) is 1. The minimum absolute atomic E-state index is 0.125. The van der Waals surface area contributed by atoms with Gasteiger partial charge in [0.2, 0.25) is 0 Å². The molecule has 6 heteroatoms. The van der Waals surface area contributed by atoms with E-state index in [1.54, 1.807) is 6.92 Å². The fourth-order valence-corrected chi connectivity index (χ4v) is 3.02. The standard InChI is InChI=1S/C14H25N3O3/c1-11-5-3-4-6-17(11)14(20)16-9-7-15(8-10-16)12(2)13(18)19/h11-12H,3-10H2,1-2H3,(H,18,19). The van der Waals surface area contributed by atoms with Crippen molar-refractivity contribution in [1.29, 1.82) is 0 Å². The van der Waals surface area contributed by atoms with E-state index >= 15 is 0 Å². The van der Waals surface area contributed by atoms with Gasteiger partial charge in [0.05, 0.1) is 0 Å². The van der Waals surface area contributed by atoms with Crippen molar-refractivity contribution < 1.29 is 14.7 Å². The zero-order chi connectivity index (χ0) is 14.7. The summed E-state index contributed by atoms with van der Waals surface area (Å²) in [6, 6.07) is -0.0202. The molecule has 0 aliphatic carbocycles. The molecule has 0 aromatic rings. The second-order valence-corrected chi connectivity index (χ2v) is 5.86. The molecule has 2 aliphatic heterocycles. The van der Waals surface area contributed by atoms with Gasteiger partial charge in [-0.15, -0.1) is 0 Å². The minimum atomic E-state index is -0.797. The van der Waals surface area contributed by atoms with Gasteiger partial charge in [-0.2, -0.15) is 0 Å². The number of piperazine rings is 1. The summed E-state index contributed by atoms with van der Waals surface area (Å²) in [4.78, 5) is 29.2. The van der Waals surface area contributed by atoms with Crippen LogP contribution in [0.25, 0.3) is 0 Å². The highest BCUT2D eigenvalue weighted by Gasteiger charge is 2.31. The fourth-order valence-electron chi connectivity index (χ4n) is 3.02. The number of carboxylic acids is 1. The molecule has 20 heavy (non-hydrogen) atoms. The van der Waals surface area contributed by atoms with E-state index in [1.165, 1.54) is 6.42 Å². The van der Waals surface area contributed by atoms with Crippen LogP contribution in [0.4, 0.5) is 4.79 Å². The SMILES string of the molecule is CC(C(=O)O)N1CCN(C(=O)N2CCCCC2C)CC1. The zero-order valence-electron chi connectivity index (χ0n) is 12.4. The quantitative estimate of drug-likeness (QED) is 0.823. The van der Waals surface area contributed by atoms with Crippen LogP contribution in [0.15, 0.2) is 0 Å². The van der Waals surface area contributed by atoms with Gasteiger partial charge in [0.25, 0.3) is 0 Å². The van der Waals surface area contributed by atoms with Crippen LogP contribution in [0, 0.1) is 0 Å². The van der Waals surface area contributed by atoms with Gasteiger partial charge in [0.1, 0.15) is 6.04 Å². The maximum Gasteiger partial charge on any atom is 0.320 e.